The van der Waals surface area contributed by atoms with Crippen molar-refractivity contribution in [3.63, 3.8) is 0 Å². The van der Waals surface area contributed by atoms with E-state index in [4.69, 9.17) is 11.5 Å². The average molecular weight is 389 g/mol. The van der Waals surface area contributed by atoms with Crippen molar-refractivity contribution < 1.29 is 4.39 Å². The fraction of sp³-hybridized carbons (Fsp3) is 0.190. The van der Waals surface area contributed by atoms with Gasteiger partial charge in [-0.15, -0.1) is 0 Å². The maximum Gasteiger partial charge on any atom is 0.224 e. The number of benzene rings is 2. The molecule has 146 valence electrons. The summed E-state index contributed by atoms with van der Waals surface area (Å²) in [4.78, 5) is 10.7. The van der Waals surface area contributed by atoms with Gasteiger partial charge in [-0.1, -0.05) is 30.3 Å². The van der Waals surface area contributed by atoms with Crippen molar-refractivity contribution in [2.45, 2.75) is 19.0 Å². The van der Waals surface area contributed by atoms with Crippen LogP contribution in [-0.2, 0) is 13.0 Å². The Bertz CT molecular complexity index is 1190. The van der Waals surface area contributed by atoms with Crippen LogP contribution in [0.3, 0.4) is 0 Å². The summed E-state index contributed by atoms with van der Waals surface area (Å²) < 4.78 is 15.2. The molecule has 2 aromatic heterocycles. The van der Waals surface area contributed by atoms with Gasteiger partial charge >= 0.3 is 0 Å². The summed E-state index contributed by atoms with van der Waals surface area (Å²) >= 11 is 0. The summed E-state index contributed by atoms with van der Waals surface area (Å²) in [7, 11) is 0. The van der Waals surface area contributed by atoms with Crippen molar-refractivity contribution in [3.05, 3.63) is 71.7 Å². The van der Waals surface area contributed by atoms with Crippen LogP contribution in [0.5, 0.6) is 0 Å². The molecule has 1 aliphatic rings. The van der Waals surface area contributed by atoms with E-state index in [1.54, 1.807) is 6.20 Å². The molecule has 0 radical (unpaired) electrons. The molecule has 29 heavy (non-hydrogen) atoms. The number of para-hydroxylation sites is 1. The standard InChI is InChI=1S/C21H20FN7/c22-15-7-5-13(6-8-15)11-28-12-16(9-14-3-1-2-4-18(14)28)29-20-17(10-25-29)19(23)26-21(24)27-20/h1-8,10,16H,9,11-12H2,(H4,23,24,26,27). The molecule has 7 nitrogen and oxygen atoms in total. The first-order valence-corrected chi connectivity index (χ1v) is 9.42. The Morgan fingerprint density at radius 3 is 2.66 bits per heavy atom. The van der Waals surface area contributed by atoms with Gasteiger partial charge in [0.25, 0.3) is 0 Å². The summed E-state index contributed by atoms with van der Waals surface area (Å²) in [6.45, 7) is 1.40. The lowest BCUT2D eigenvalue weighted by Crippen LogP contribution is -2.36. The third kappa shape index (κ3) is 3.12. The summed E-state index contributed by atoms with van der Waals surface area (Å²) in [6.07, 6.45) is 2.51. The smallest absolute Gasteiger partial charge is 0.224 e. The van der Waals surface area contributed by atoms with E-state index in [2.05, 4.69) is 32.1 Å². The lowest BCUT2D eigenvalue weighted by molar-refractivity contribution is 0.439. The molecule has 0 aliphatic carbocycles. The van der Waals surface area contributed by atoms with Crippen molar-refractivity contribution in [1.29, 1.82) is 0 Å². The molecule has 8 heteroatoms. The van der Waals surface area contributed by atoms with Crippen molar-refractivity contribution >= 4 is 28.5 Å². The first kappa shape index (κ1) is 17.4. The second-order valence-electron chi connectivity index (χ2n) is 7.29. The molecule has 1 aliphatic heterocycles. The van der Waals surface area contributed by atoms with E-state index in [1.165, 1.54) is 23.4 Å². The number of anilines is 3. The van der Waals surface area contributed by atoms with Gasteiger partial charge in [0.15, 0.2) is 5.65 Å². The predicted molar refractivity (Wildman–Crippen MR) is 111 cm³/mol. The van der Waals surface area contributed by atoms with Crippen molar-refractivity contribution in [2.24, 2.45) is 0 Å². The first-order chi connectivity index (χ1) is 14.1. The van der Waals surface area contributed by atoms with Gasteiger partial charge in [0, 0.05) is 18.8 Å². The minimum absolute atomic E-state index is 0.0524. The largest absolute Gasteiger partial charge is 0.383 e. The molecular formula is C21H20FN7. The van der Waals surface area contributed by atoms with Crippen LogP contribution in [0.4, 0.5) is 21.8 Å². The van der Waals surface area contributed by atoms with E-state index < -0.39 is 0 Å². The quantitative estimate of drug-likeness (QED) is 0.559. The zero-order valence-corrected chi connectivity index (χ0v) is 15.7. The molecule has 4 aromatic rings. The molecule has 0 saturated heterocycles. The third-order valence-electron chi connectivity index (χ3n) is 5.35. The average Bonchev–Trinajstić information content (AvgIpc) is 3.14. The van der Waals surface area contributed by atoms with E-state index in [9.17, 15) is 4.39 Å². The van der Waals surface area contributed by atoms with Crippen LogP contribution in [0, 0.1) is 5.82 Å². The molecule has 2 aromatic carbocycles. The zero-order chi connectivity index (χ0) is 20.0. The van der Waals surface area contributed by atoms with Crippen LogP contribution in [0.15, 0.2) is 54.7 Å². The van der Waals surface area contributed by atoms with Crippen LogP contribution in [0.2, 0.25) is 0 Å². The van der Waals surface area contributed by atoms with Gasteiger partial charge in [-0.05, 0) is 35.7 Å². The maximum absolute atomic E-state index is 13.3. The molecule has 1 atom stereocenters. The van der Waals surface area contributed by atoms with E-state index in [1.807, 2.05) is 28.9 Å². The van der Waals surface area contributed by atoms with E-state index in [0.717, 1.165) is 18.5 Å². The molecule has 0 saturated carbocycles. The maximum atomic E-state index is 13.3. The van der Waals surface area contributed by atoms with E-state index >= 15 is 0 Å². The minimum Gasteiger partial charge on any atom is -0.383 e. The Morgan fingerprint density at radius 2 is 1.83 bits per heavy atom. The lowest BCUT2D eigenvalue weighted by Gasteiger charge is -2.36. The van der Waals surface area contributed by atoms with Crippen molar-refractivity contribution in [2.75, 3.05) is 22.9 Å². The van der Waals surface area contributed by atoms with Gasteiger partial charge in [-0.3, -0.25) is 0 Å². The van der Waals surface area contributed by atoms with Crippen LogP contribution < -0.4 is 16.4 Å². The number of nitrogen functional groups attached to an aromatic ring is 2. The molecular weight excluding hydrogens is 369 g/mol. The molecule has 0 fully saturated rings. The number of nitrogens with two attached hydrogens (primary N) is 2. The van der Waals surface area contributed by atoms with Crippen LogP contribution in [0.1, 0.15) is 17.2 Å². The molecule has 0 bridgehead atoms. The van der Waals surface area contributed by atoms with Crippen LogP contribution in [-0.4, -0.2) is 26.3 Å². The Kier molecular flexibility index (Phi) is 4.04. The van der Waals surface area contributed by atoms with Gasteiger partial charge in [-0.25, -0.2) is 9.07 Å². The van der Waals surface area contributed by atoms with E-state index in [0.29, 0.717) is 23.4 Å². The SMILES string of the molecule is Nc1nc(N)c2cnn(C3Cc4ccccc4N(Cc4ccc(F)cc4)C3)c2n1. The number of rotatable bonds is 3. The highest BCUT2D eigenvalue weighted by molar-refractivity contribution is 5.86. The molecule has 5 rings (SSSR count). The molecule has 0 amide bonds. The Morgan fingerprint density at radius 1 is 1.03 bits per heavy atom. The van der Waals surface area contributed by atoms with Crippen molar-refractivity contribution in [1.82, 2.24) is 19.7 Å². The Balaban J connectivity index is 1.54. The summed E-state index contributed by atoms with van der Waals surface area (Å²) in [5.41, 5.74) is 15.9. The third-order valence-corrected chi connectivity index (χ3v) is 5.35. The Hall–Kier alpha value is -3.68. The summed E-state index contributed by atoms with van der Waals surface area (Å²) in [5, 5.41) is 5.25. The topological polar surface area (TPSA) is 98.9 Å². The van der Waals surface area contributed by atoms with Crippen LogP contribution in [0.25, 0.3) is 11.0 Å². The highest BCUT2D eigenvalue weighted by Crippen LogP contribution is 2.34. The lowest BCUT2D eigenvalue weighted by atomic mass is 9.97. The molecule has 1 unspecified atom stereocenters. The van der Waals surface area contributed by atoms with Gasteiger partial charge < -0.3 is 16.4 Å². The number of fused-ring (bicyclic) bond motifs is 2. The predicted octanol–water partition coefficient (Wildman–Crippen LogP) is 2.93. The molecule has 0 spiro atoms. The highest BCUT2D eigenvalue weighted by atomic mass is 19.1. The first-order valence-electron chi connectivity index (χ1n) is 9.42. The minimum atomic E-state index is -0.233. The second kappa shape index (κ2) is 6.73. The van der Waals surface area contributed by atoms with Gasteiger partial charge in [-0.2, -0.15) is 15.1 Å². The Labute approximate surface area is 166 Å². The summed E-state index contributed by atoms with van der Waals surface area (Å²) in [5.74, 6) is 0.234. The number of aromatic nitrogens is 4. The summed E-state index contributed by atoms with van der Waals surface area (Å²) in [6, 6.07) is 15.0. The molecule has 3 heterocycles. The van der Waals surface area contributed by atoms with Gasteiger partial charge in [0.05, 0.1) is 17.6 Å². The second-order valence-corrected chi connectivity index (χ2v) is 7.29. The highest BCUT2D eigenvalue weighted by Gasteiger charge is 2.28. The van der Waals surface area contributed by atoms with Crippen LogP contribution >= 0.6 is 0 Å². The molecule has 4 N–H and O–H groups in total. The van der Waals surface area contributed by atoms with Gasteiger partial charge in [0.1, 0.15) is 11.6 Å². The van der Waals surface area contributed by atoms with Gasteiger partial charge in [0.2, 0.25) is 5.95 Å². The fourth-order valence-corrected chi connectivity index (χ4v) is 4.02. The number of halogens is 1. The number of hydrogen-bond acceptors (Lipinski definition) is 6. The monoisotopic (exact) mass is 389 g/mol. The van der Waals surface area contributed by atoms with Crippen molar-refractivity contribution in [3.8, 4) is 0 Å². The van der Waals surface area contributed by atoms with E-state index in [-0.39, 0.29) is 17.8 Å². The zero-order valence-electron chi connectivity index (χ0n) is 15.7. The normalized spacial score (nSPS) is 16.2. The number of hydrogen-bond donors (Lipinski definition) is 2. The fourth-order valence-electron chi connectivity index (χ4n) is 4.02. The number of nitrogens with zero attached hydrogens (tertiary/aromatic N) is 5.